The number of nitrogens with zero attached hydrogens (tertiary/aromatic N) is 1. The summed E-state index contributed by atoms with van der Waals surface area (Å²) in [4.78, 5) is 16.8. The van der Waals surface area contributed by atoms with Crippen molar-refractivity contribution in [2.75, 3.05) is 6.61 Å². The van der Waals surface area contributed by atoms with Crippen molar-refractivity contribution in [3.63, 3.8) is 0 Å². The number of halogens is 1. The van der Waals surface area contributed by atoms with E-state index in [1.807, 2.05) is 67.6 Å². The maximum atomic E-state index is 12.4. The fourth-order valence-electron chi connectivity index (χ4n) is 2.54. The van der Waals surface area contributed by atoms with E-state index in [9.17, 15) is 4.79 Å². The number of rotatable bonds is 7. The van der Waals surface area contributed by atoms with Crippen LogP contribution >= 0.6 is 11.6 Å². The highest BCUT2D eigenvalue weighted by atomic mass is 35.5. The molecule has 0 atom stereocenters. The van der Waals surface area contributed by atoms with Crippen LogP contribution in [0.25, 0.3) is 11.3 Å². The molecule has 0 bridgehead atoms. The van der Waals surface area contributed by atoms with Crippen molar-refractivity contribution >= 4 is 17.5 Å². The Hall–Kier alpha value is -2.89. The molecule has 138 valence electrons. The average molecular weight is 382 g/mol. The Labute approximate surface area is 163 Å². The van der Waals surface area contributed by atoms with Gasteiger partial charge in [0.25, 0.3) is 5.91 Å². The van der Waals surface area contributed by atoms with E-state index in [1.54, 1.807) is 6.07 Å². The van der Waals surface area contributed by atoms with Crippen LogP contribution in [0.15, 0.2) is 66.7 Å². The molecule has 1 aromatic heterocycles. The quantitative estimate of drug-likeness (QED) is 0.601. The molecule has 0 spiro atoms. The highest BCUT2D eigenvalue weighted by Gasteiger charge is 2.09. The number of aromatic nitrogens is 1. The van der Waals surface area contributed by atoms with Crippen LogP contribution in [-0.2, 0) is 6.54 Å². The highest BCUT2D eigenvalue weighted by Crippen LogP contribution is 2.21. The second-order valence-corrected chi connectivity index (χ2v) is 6.17. The molecule has 2 aromatic carbocycles. The van der Waals surface area contributed by atoms with Gasteiger partial charge in [-0.25, -0.2) is 10.4 Å². The molecule has 0 saturated carbocycles. The number of nitrogens with one attached hydrogen (secondary N) is 2. The third kappa shape index (κ3) is 5.06. The average Bonchev–Trinajstić information content (AvgIpc) is 2.70. The first kappa shape index (κ1) is 18.9. The summed E-state index contributed by atoms with van der Waals surface area (Å²) in [5, 5.41) is 0.648. The molecule has 0 aliphatic heterocycles. The molecular weight excluding hydrogens is 362 g/mol. The van der Waals surface area contributed by atoms with Gasteiger partial charge in [0.2, 0.25) is 0 Å². The van der Waals surface area contributed by atoms with Crippen molar-refractivity contribution < 1.29 is 9.53 Å². The van der Waals surface area contributed by atoms with Crippen LogP contribution in [0.1, 0.15) is 23.0 Å². The first-order valence-corrected chi connectivity index (χ1v) is 9.02. The number of hydrogen-bond acceptors (Lipinski definition) is 4. The number of hydrogen-bond donors (Lipinski definition) is 2. The lowest BCUT2D eigenvalue weighted by Gasteiger charge is -2.09. The van der Waals surface area contributed by atoms with Crippen LogP contribution in [-0.4, -0.2) is 17.5 Å². The van der Waals surface area contributed by atoms with Crippen molar-refractivity contribution in [2.24, 2.45) is 0 Å². The van der Waals surface area contributed by atoms with Crippen LogP contribution in [0, 0.1) is 0 Å². The molecule has 0 fully saturated rings. The van der Waals surface area contributed by atoms with E-state index in [-0.39, 0.29) is 5.91 Å². The molecule has 0 radical (unpaired) electrons. The van der Waals surface area contributed by atoms with E-state index < -0.39 is 0 Å². The van der Waals surface area contributed by atoms with Gasteiger partial charge < -0.3 is 4.74 Å². The van der Waals surface area contributed by atoms with Gasteiger partial charge in [-0.05, 0) is 55.0 Å². The van der Waals surface area contributed by atoms with Crippen molar-refractivity contribution in [2.45, 2.75) is 13.5 Å². The maximum absolute atomic E-state index is 12.4. The van der Waals surface area contributed by atoms with E-state index >= 15 is 0 Å². The summed E-state index contributed by atoms with van der Waals surface area (Å²) < 4.78 is 5.45. The second kappa shape index (κ2) is 9.16. The monoisotopic (exact) mass is 381 g/mol. The van der Waals surface area contributed by atoms with Gasteiger partial charge >= 0.3 is 0 Å². The third-order valence-electron chi connectivity index (χ3n) is 3.88. The topological polar surface area (TPSA) is 63.2 Å². The first-order chi connectivity index (χ1) is 13.2. The standard InChI is InChI=1S/C21H20ClN3O2/c1-2-27-17-12-10-15(11-13-17)19-8-5-9-20(24-19)21(26)25-23-14-16-6-3-4-7-18(16)22/h3-13,23H,2,14H2,1H3,(H,25,26). The Bertz CT molecular complexity index is 913. The minimum absolute atomic E-state index is 0.310. The van der Waals surface area contributed by atoms with Crippen LogP contribution in [0.2, 0.25) is 5.02 Å². The van der Waals surface area contributed by atoms with Crippen LogP contribution < -0.4 is 15.6 Å². The largest absolute Gasteiger partial charge is 0.494 e. The van der Waals surface area contributed by atoms with Gasteiger partial charge in [-0.15, -0.1) is 0 Å². The number of hydrazine groups is 1. The molecule has 0 aliphatic rings. The van der Waals surface area contributed by atoms with E-state index in [1.165, 1.54) is 0 Å². The Balaban J connectivity index is 1.64. The number of ether oxygens (including phenoxy) is 1. The molecule has 3 aromatic rings. The zero-order valence-corrected chi connectivity index (χ0v) is 15.7. The minimum Gasteiger partial charge on any atom is -0.494 e. The van der Waals surface area contributed by atoms with Crippen LogP contribution in [0.3, 0.4) is 0 Å². The van der Waals surface area contributed by atoms with Crippen molar-refractivity contribution in [1.82, 2.24) is 15.8 Å². The number of benzene rings is 2. The molecular formula is C21H20ClN3O2. The van der Waals surface area contributed by atoms with E-state index in [0.29, 0.717) is 23.9 Å². The molecule has 0 saturated heterocycles. The zero-order chi connectivity index (χ0) is 19.1. The van der Waals surface area contributed by atoms with Crippen LogP contribution in [0.4, 0.5) is 0 Å². The summed E-state index contributed by atoms with van der Waals surface area (Å²) in [5.74, 6) is 0.494. The molecule has 3 rings (SSSR count). The molecule has 2 N–H and O–H groups in total. The second-order valence-electron chi connectivity index (χ2n) is 5.76. The minimum atomic E-state index is -0.310. The van der Waals surface area contributed by atoms with Gasteiger partial charge in [0, 0.05) is 17.1 Å². The molecule has 1 amide bonds. The van der Waals surface area contributed by atoms with Gasteiger partial charge in [-0.2, -0.15) is 0 Å². The molecule has 6 heteroatoms. The summed E-state index contributed by atoms with van der Waals surface area (Å²) in [5.41, 5.74) is 8.39. The van der Waals surface area contributed by atoms with Gasteiger partial charge in [0.1, 0.15) is 11.4 Å². The van der Waals surface area contributed by atoms with E-state index in [2.05, 4.69) is 15.8 Å². The summed E-state index contributed by atoms with van der Waals surface area (Å²) in [6.45, 7) is 2.98. The summed E-state index contributed by atoms with van der Waals surface area (Å²) in [7, 11) is 0. The molecule has 0 aliphatic carbocycles. The van der Waals surface area contributed by atoms with Gasteiger partial charge in [-0.3, -0.25) is 10.2 Å². The summed E-state index contributed by atoms with van der Waals surface area (Å²) in [6, 6.07) is 20.4. The number of amides is 1. The third-order valence-corrected chi connectivity index (χ3v) is 4.25. The highest BCUT2D eigenvalue weighted by molar-refractivity contribution is 6.31. The molecule has 1 heterocycles. The first-order valence-electron chi connectivity index (χ1n) is 8.64. The van der Waals surface area contributed by atoms with Gasteiger partial charge in [-0.1, -0.05) is 35.9 Å². The number of carbonyl (C=O) groups excluding carboxylic acids is 1. The normalized spacial score (nSPS) is 10.4. The lowest BCUT2D eigenvalue weighted by molar-refractivity contribution is 0.0927. The molecule has 27 heavy (non-hydrogen) atoms. The number of pyridine rings is 1. The summed E-state index contributed by atoms with van der Waals surface area (Å²) >= 11 is 6.10. The number of carbonyl (C=O) groups is 1. The lowest BCUT2D eigenvalue weighted by atomic mass is 10.1. The smallest absolute Gasteiger partial charge is 0.283 e. The predicted molar refractivity (Wildman–Crippen MR) is 107 cm³/mol. The van der Waals surface area contributed by atoms with E-state index in [4.69, 9.17) is 16.3 Å². The fourth-order valence-corrected chi connectivity index (χ4v) is 2.74. The SMILES string of the molecule is CCOc1ccc(-c2cccc(C(=O)NNCc3ccccc3Cl)n2)cc1. The molecule has 0 unspecified atom stereocenters. The fraction of sp³-hybridized carbons (Fsp3) is 0.143. The van der Waals surface area contributed by atoms with E-state index in [0.717, 1.165) is 22.6 Å². The summed E-state index contributed by atoms with van der Waals surface area (Å²) in [6.07, 6.45) is 0. The van der Waals surface area contributed by atoms with Crippen LogP contribution in [0.5, 0.6) is 5.75 Å². The van der Waals surface area contributed by atoms with Crippen molar-refractivity contribution in [3.8, 4) is 17.0 Å². The van der Waals surface area contributed by atoms with Gasteiger partial charge in [0.15, 0.2) is 0 Å². The Morgan fingerprint density at radius 3 is 2.56 bits per heavy atom. The molecule has 5 nitrogen and oxygen atoms in total. The van der Waals surface area contributed by atoms with Gasteiger partial charge in [0.05, 0.1) is 12.3 Å². The van der Waals surface area contributed by atoms with Crippen molar-refractivity contribution in [1.29, 1.82) is 0 Å². The Kier molecular flexibility index (Phi) is 6.41. The maximum Gasteiger partial charge on any atom is 0.283 e. The predicted octanol–water partition coefficient (Wildman–Crippen LogP) is 4.24. The lowest BCUT2D eigenvalue weighted by Crippen LogP contribution is -2.37. The zero-order valence-electron chi connectivity index (χ0n) is 14.9. The Morgan fingerprint density at radius 2 is 1.81 bits per heavy atom. The van der Waals surface area contributed by atoms with Crippen molar-refractivity contribution in [3.05, 3.63) is 83.0 Å². The Morgan fingerprint density at radius 1 is 1.04 bits per heavy atom.